The molecule has 0 heterocycles. The summed E-state index contributed by atoms with van der Waals surface area (Å²) in [5.41, 5.74) is 0.793. The standard InChI is InChI=1S/C11H13BrOS/c1-8(2)14-7-11(13)9-3-5-10(12)6-4-9/h3-6,8H,7H2,1-2H3. The Labute approximate surface area is 97.4 Å². The van der Waals surface area contributed by atoms with Crippen molar-refractivity contribution in [3.05, 3.63) is 34.3 Å². The van der Waals surface area contributed by atoms with Crippen molar-refractivity contribution in [2.24, 2.45) is 0 Å². The van der Waals surface area contributed by atoms with Crippen molar-refractivity contribution < 1.29 is 4.79 Å². The van der Waals surface area contributed by atoms with Gasteiger partial charge < -0.3 is 0 Å². The third-order valence-electron chi connectivity index (χ3n) is 1.71. The van der Waals surface area contributed by atoms with Crippen LogP contribution in [-0.4, -0.2) is 16.8 Å². The Morgan fingerprint density at radius 2 is 1.93 bits per heavy atom. The molecule has 0 radical (unpaired) electrons. The molecule has 0 bridgehead atoms. The molecule has 1 aromatic rings. The minimum absolute atomic E-state index is 0.205. The van der Waals surface area contributed by atoms with Gasteiger partial charge in [-0.25, -0.2) is 0 Å². The largest absolute Gasteiger partial charge is 0.293 e. The van der Waals surface area contributed by atoms with Gasteiger partial charge in [0, 0.05) is 10.0 Å². The number of halogens is 1. The van der Waals surface area contributed by atoms with E-state index in [0.717, 1.165) is 10.0 Å². The Kier molecular flexibility index (Phi) is 4.69. The lowest BCUT2D eigenvalue weighted by molar-refractivity contribution is 0.102. The van der Waals surface area contributed by atoms with Gasteiger partial charge in [-0.2, -0.15) is 11.8 Å². The summed E-state index contributed by atoms with van der Waals surface area (Å²) in [5, 5.41) is 0.509. The van der Waals surface area contributed by atoms with Gasteiger partial charge in [-0.1, -0.05) is 41.9 Å². The summed E-state index contributed by atoms with van der Waals surface area (Å²) in [6.07, 6.45) is 0. The van der Waals surface area contributed by atoms with Gasteiger partial charge >= 0.3 is 0 Å². The van der Waals surface area contributed by atoms with Crippen LogP contribution >= 0.6 is 27.7 Å². The maximum Gasteiger partial charge on any atom is 0.172 e. The van der Waals surface area contributed by atoms with E-state index in [1.165, 1.54) is 0 Å². The van der Waals surface area contributed by atoms with Crippen LogP contribution in [0.2, 0.25) is 0 Å². The summed E-state index contributed by atoms with van der Waals surface area (Å²) in [4.78, 5) is 11.6. The van der Waals surface area contributed by atoms with Gasteiger partial charge in [0.15, 0.2) is 5.78 Å². The van der Waals surface area contributed by atoms with Crippen LogP contribution in [0.4, 0.5) is 0 Å². The summed E-state index contributed by atoms with van der Waals surface area (Å²) in [6, 6.07) is 7.50. The van der Waals surface area contributed by atoms with E-state index >= 15 is 0 Å². The predicted octanol–water partition coefficient (Wildman–Crippen LogP) is 3.77. The van der Waals surface area contributed by atoms with Crippen LogP contribution in [0.5, 0.6) is 0 Å². The van der Waals surface area contributed by atoms with Crippen molar-refractivity contribution in [2.45, 2.75) is 19.1 Å². The highest BCUT2D eigenvalue weighted by Gasteiger charge is 2.06. The molecule has 0 aromatic heterocycles. The van der Waals surface area contributed by atoms with E-state index in [1.54, 1.807) is 11.8 Å². The molecular formula is C11H13BrOS. The van der Waals surface area contributed by atoms with Crippen LogP contribution in [-0.2, 0) is 0 Å². The third-order valence-corrected chi connectivity index (χ3v) is 3.34. The molecule has 0 amide bonds. The van der Waals surface area contributed by atoms with E-state index in [0.29, 0.717) is 11.0 Å². The van der Waals surface area contributed by atoms with Crippen molar-refractivity contribution in [1.82, 2.24) is 0 Å². The fourth-order valence-corrected chi connectivity index (χ4v) is 1.88. The van der Waals surface area contributed by atoms with Crippen molar-refractivity contribution in [3.63, 3.8) is 0 Å². The predicted molar refractivity (Wildman–Crippen MR) is 66.1 cm³/mol. The zero-order valence-corrected chi connectivity index (χ0v) is 10.7. The molecule has 0 saturated heterocycles. The maximum atomic E-state index is 11.6. The van der Waals surface area contributed by atoms with E-state index in [9.17, 15) is 4.79 Å². The van der Waals surface area contributed by atoms with Gasteiger partial charge in [0.25, 0.3) is 0 Å². The molecule has 14 heavy (non-hydrogen) atoms. The molecule has 0 N–H and O–H groups in total. The average molecular weight is 273 g/mol. The molecule has 0 aliphatic heterocycles. The highest BCUT2D eigenvalue weighted by molar-refractivity contribution is 9.10. The van der Waals surface area contributed by atoms with Crippen molar-refractivity contribution >= 4 is 33.5 Å². The van der Waals surface area contributed by atoms with Gasteiger partial charge in [0.1, 0.15) is 0 Å². The lowest BCUT2D eigenvalue weighted by Crippen LogP contribution is -2.04. The number of benzene rings is 1. The number of carbonyl (C=O) groups is 1. The Hall–Kier alpha value is -0.280. The molecule has 1 aromatic carbocycles. The fraction of sp³-hybridized carbons (Fsp3) is 0.364. The first-order chi connectivity index (χ1) is 6.59. The highest BCUT2D eigenvalue weighted by Crippen LogP contribution is 2.15. The second kappa shape index (κ2) is 5.56. The summed E-state index contributed by atoms with van der Waals surface area (Å²) >= 11 is 5.02. The summed E-state index contributed by atoms with van der Waals surface area (Å²) < 4.78 is 1.01. The summed E-state index contributed by atoms with van der Waals surface area (Å²) in [6.45, 7) is 4.19. The van der Waals surface area contributed by atoms with Crippen molar-refractivity contribution in [1.29, 1.82) is 0 Å². The number of hydrogen-bond acceptors (Lipinski definition) is 2. The van der Waals surface area contributed by atoms with Gasteiger partial charge in [0.05, 0.1) is 5.75 Å². The highest BCUT2D eigenvalue weighted by atomic mass is 79.9. The normalized spacial score (nSPS) is 10.6. The molecular weight excluding hydrogens is 260 g/mol. The Balaban J connectivity index is 2.57. The molecule has 0 aliphatic carbocycles. The van der Waals surface area contributed by atoms with Crippen molar-refractivity contribution in [3.8, 4) is 0 Å². The van der Waals surface area contributed by atoms with Gasteiger partial charge in [-0.15, -0.1) is 0 Å². The number of hydrogen-bond donors (Lipinski definition) is 0. The van der Waals surface area contributed by atoms with Crippen LogP contribution < -0.4 is 0 Å². The summed E-state index contributed by atoms with van der Waals surface area (Å²) in [5.74, 6) is 0.774. The lowest BCUT2D eigenvalue weighted by Gasteiger charge is -2.03. The lowest BCUT2D eigenvalue weighted by atomic mass is 10.2. The van der Waals surface area contributed by atoms with Gasteiger partial charge in [-0.05, 0) is 17.4 Å². The first kappa shape index (κ1) is 11.8. The Morgan fingerprint density at radius 1 is 1.36 bits per heavy atom. The van der Waals surface area contributed by atoms with Gasteiger partial charge in [0.2, 0.25) is 0 Å². The minimum Gasteiger partial charge on any atom is -0.293 e. The van der Waals surface area contributed by atoms with E-state index in [1.807, 2.05) is 24.3 Å². The molecule has 0 unspecified atom stereocenters. The molecule has 0 atom stereocenters. The maximum absolute atomic E-state index is 11.6. The van der Waals surface area contributed by atoms with Gasteiger partial charge in [-0.3, -0.25) is 4.79 Å². The summed E-state index contributed by atoms with van der Waals surface area (Å²) in [7, 11) is 0. The second-order valence-corrected chi connectivity index (χ2v) is 5.77. The molecule has 76 valence electrons. The topological polar surface area (TPSA) is 17.1 Å². The quantitative estimate of drug-likeness (QED) is 0.777. The first-order valence-electron chi connectivity index (χ1n) is 4.50. The molecule has 3 heteroatoms. The van der Waals surface area contributed by atoms with Crippen molar-refractivity contribution in [2.75, 3.05) is 5.75 Å². The SMILES string of the molecule is CC(C)SCC(=O)c1ccc(Br)cc1. The molecule has 0 fully saturated rings. The molecule has 0 saturated carbocycles. The van der Waals surface area contributed by atoms with E-state index < -0.39 is 0 Å². The molecule has 0 aliphatic rings. The second-order valence-electron chi connectivity index (χ2n) is 3.29. The fourth-order valence-electron chi connectivity index (χ4n) is 0.961. The average Bonchev–Trinajstić information content (AvgIpc) is 2.15. The number of rotatable bonds is 4. The van der Waals surface area contributed by atoms with Crippen LogP contribution in [0.15, 0.2) is 28.7 Å². The smallest absolute Gasteiger partial charge is 0.172 e. The van der Waals surface area contributed by atoms with Crippen LogP contribution in [0.25, 0.3) is 0 Å². The van der Waals surface area contributed by atoms with E-state index in [4.69, 9.17) is 0 Å². The monoisotopic (exact) mass is 272 g/mol. The number of ketones is 1. The molecule has 0 spiro atoms. The van der Waals surface area contributed by atoms with Crippen LogP contribution in [0, 0.1) is 0 Å². The number of carbonyl (C=O) groups excluding carboxylic acids is 1. The van der Waals surface area contributed by atoms with Crippen LogP contribution in [0.3, 0.4) is 0 Å². The minimum atomic E-state index is 0.205. The van der Waals surface area contributed by atoms with E-state index in [-0.39, 0.29) is 5.78 Å². The number of thioether (sulfide) groups is 1. The van der Waals surface area contributed by atoms with Crippen LogP contribution in [0.1, 0.15) is 24.2 Å². The Morgan fingerprint density at radius 3 is 2.43 bits per heavy atom. The number of Topliss-reactive ketones (excluding diaryl/α,β-unsaturated/α-hetero) is 1. The molecule has 1 rings (SSSR count). The Bertz CT molecular complexity index is 306. The zero-order chi connectivity index (χ0) is 10.6. The third kappa shape index (κ3) is 3.84. The first-order valence-corrected chi connectivity index (χ1v) is 6.34. The van der Waals surface area contributed by atoms with E-state index in [2.05, 4.69) is 29.8 Å². The zero-order valence-electron chi connectivity index (χ0n) is 8.29. The molecule has 1 nitrogen and oxygen atoms in total.